The van der Waals surface area contributed by atoms with E-state index in [0.717, 1.165) is 21.8 Å². The van der Waals surface area contributed by atoms with E-state index in [9.17, 15) is 14.9 Å². The van der Waals surface area contributed by atoms with Crippen LogP contribution in [0.5, 0.6) is 11.5 Å². The summed E-state index contributed by atoms with van der Waals surface area (Å²) in [5, 5.41) is 11.3. The second kappa shape index (κ2) is 7.34. The van der Waals surface area contributed by atoms with E-state index in [1.807, 2.05) is 23.6 Å². The minimum Gasteiger partial charge on any atom is -0.454 e. The highest BCUT2D eigenvalue weighted by atomic mass is 32.1. The summed E-state index contributed by atoms with van der Waals surface area (Å²) in [6, 6.07) is 10.9. The number of benzene rings is 1. The molecule has 3 aromatic rings. The number of amides is 1. The molecule has 0 atom stereocenters. The maximum atomic E-state index is 13.0. The van der Waals surface area contributed by atoms with Gasteiger partial charge in [-0.05, 0) is 35.2 Å². The molecule has 1 aromatic carbocycles. The van der Waals surface area contributed by atoms with Gasteiger partial charge in [0.05, 0.1) is 11.1 Å². The van der Waals surface area contributed by atoms with Crippen LogP contribution in [0.3, 0.4) is 0 Å². The normalized spacial score (nSPS) is 14.0. The first-order valence-electron chi connectivity index (χ1n) is 8.14. The van der Waals surface area contributed by atoms with Crippen molar-refractivity contribution in [2.75, 3.05) is 6.79 Å². The highest BCUT2D eigenvalue weighted by molar-refractivity contribution is 7.11. The first-order chi connectivity index (χ1) is 13.6. The lowest BCUT2D eigenvalue weighted by molar-refractivity contribution is -0.112. The van der Waals surface area contributed by atoms with Gasteiger partial charge >= 0.3 is 0 Å². The second-order valence-corrected chi connectivity index (χ2v) is 7.87. The van der Waals surface area contributed by atoms with Crippen molar-refractivity contribution in [1.82, 2.24) is 4.57 Å². The molecule has 0 fully saturated rings. The van der Waals surface area contributed by atoms with E-state index < -0.39 is 5.91 Å². The number of carbonyl (C=O) groups is 1. The number of hydrogen-bond donors (Lipinski definition) is 1. The zero-order valence-corrected chi connectivity index (χ0v) is 16.0. The number of primary amides is 1. The van der Waals surface area contributed by atoms with Gasteiger partial charge in [-0.2, -0.15) is 5.26 Å². The van der Waals surface area contributed by atoms with Crippen LogP contribution in [-0.4, -0.2) is 17.3 Å². The molecular weight excluding hydrogens is 398 g/mol. The molecule has 7 nitrogen and oxygen atoms in total. The van der Waals surface area contributed by atoms with Crippen LogP contribution in [0.15, 0.2) is 40.5 Å². The molecular formula is C19H13N3O4S2. The van der Waals surface area contributed by atoms with E-state index >= 15 is 0 Å². The van der Waals surface area contributed by atoms with Crippen LogP contribution < -0.4 is 30.0 Å². The topological polar surface area (TPSA) is 107 Å². The Labute approximate surface area is 166 Å². The Balaban J connectivity index is 1.90. The smallest absolute Gasteiger partial charge is 0.269 e. The summed E-state index contributed by atoms with van der Waals surface area (Å²) in [7, 11) is 0. The molecule has 0 unspecified atom stereocenters. The average molecular weight is 411 g/mol. The highest BCUT2D eigenvalue weighted by Crippen LogP contribution is 2.32. The Kier molecular flexibility index (Phi) is 4.73. The lowest BCUT2D eigenvalue weighted by atomic mass is 10.2. The second-order valence-electron chi connectivity index (χ2n) is 5.86. The third-order valence-corrected chi connectivity index (χ3v) is 6.02. The van der Waals surface area contributed by atoms with E-state index in [-0.39, 0.29) is 29.1 Å². The molecule has 4 rings (SSSR count). The first kappa shape index (κ1) is 18.0. The predicted octanol–water partition coefficient (Wildman–Crippen LogP) is 0.737. The van der Waals surface area contributed by atoms with Crippen molar-refractivity contribution >= 4 is 40.2 Å². The molecule has 0 spiro atoms. The van der Waals surface area contributed by atoms with Crippen LogP contribution in [0.2, 0.25) is 0 Å². The Hall–Kier alpha value is -3.35. The minimum absolute atomic E-state index is 0.149. The van der Waals surface area contributed by atoms with Gasteiger partial charge in [0.2, 0.25) is 6.79 Å². The van der Waals surface area contributed by atoms with Crippen molar-refractivity contribution in [3.63, 3.8) is 0 Å². The van der Waals surface area contributed by atoms with Gasteiger partial charge < -0.3 is 15.2 Å². The molecule has 0 saturated carbocycles. The maximum absolute atomic E-state index is 13.0. The molecule has 1 aliphatic heterocycles. The number of nitrogens with two attached hydrogens (primary N) is 1. The predicted molar refractivity (Wildman–Crippen MR) is 106 cm³/mol. The molecule has 0 radical (unpaired) electrons. The standard InChI is InChI=1S/C19H13N3O4S2/c20-8-13(17(21)23)19-22(9-11-3-4-14-15(6-11)26-10-25-14)18(24)16(28-19)7-12-2-1-5-27-12/h1-7H,9-10H2,(H2,21,23)/b16-7+,19-13-. The molecule has 3 heterocycles. The Morgan fingerprint density at radius 1 is 1.32 bits per heavy atom. The third-order valence-electron chi connectivity index (χ3n) is 4.07. The van der Waals surface area contributed by atoms with Crippen molar-refractivity contribution < 1.29 is 14.3 Å². The fraction of sp³-hybridized carbons (Fsp3) is 0.105. The zero-order chi connectivity index (χ0) is 19.7. The molecule has 0 saturated heterocycles. The molecule has 1 amide bonds. The van der Waals surface area contributed by atoms with Crippen LogP contribution >= 0.6 is 22.7 Å². The van der Waals surface area contributed by atoms with Crippen LogP contribution in [-0.2, 0) is 11.3 Å². The van der Waals surface area contributed by atoms with Crippen molar-refractivity contribution in [3.8, 4) is 17.6 Å². The van der Waals surface area contributed by atoms with Crippen LogP contribution in [0, 0.1) is 11.3 Å². The fourth-order valence-corrected chi connectivity index (χ4v) is 4.61. The summed E-state index contributed by atoms with van der Waals surface area (Å²) in [6.07, 6.45) is 1.74. The monoisotopic (exact) mass is 411 g/mol. The number of thiophene rings is 1. The van der Waals surface area contributed by atoms with Gasteiger partial charge in [-0.15, -0.1) is 22.7 Å². The summed E-state index contributed by atoms with van der Waals surface area (Å²) >= 11 is 2.56. The summed E-state index contributed by atoms with van der Waals surface area (Å²) in [5.74, 6) is 0.354. The number of ether oxygens (including phenoxy) is 2. The van der Waals surface area contributed by atoms with Crippen LogP contribution in [0.4, 0.5) is 0 Å². The minimum atomic E-state index is -0.870. The van der Waals surface area contributed by atoms with Gasteiger partial charge in [-0.25, -0.2) is 0 Å². The summed E-state index contributed by atoms with van der Waals surface area (Å²) < 4.78 is 12.7. The van der Waals surface area contributed by atoms with Gasteiger partial charge in [0.25, 0.3) is 11.5 Å². The van der Waals surface area contributed by atoms with E-state index in [1.165, 1.54) is 15.9 Å². The average Bonchev–Trinajstić information content (AvgIpc) is 3.40. The largest absolute Gasteiger partial charge is 0.454 e. The lowest BCUT2D eigenvalue weighted by Crippen LogP contribution is -2.34. The zero-order valence-electron chi connectivity index (χ0n) is 14.4. The highest BCUT2D eigenvalue weighted by Gasteiger charge is 2.16. The lowest BCUT2D eigenvalue weighted by Gasteiger charge is -2.05. The summed E-state index contributed by atoms with van der Waals surface area (Å²) in [4.78, 5) is 25.6. The van der Waals surface area contributed by atoms with Crippen molar-refractivity contribution in [2.45, 2.75) is 6.54 Å². The van der Waals surface area contributed by atoms with Crippen LogP contribution in [0.25, 0.3) is 11.6 Å². The number of hydrogen-bond acceptors (Lipinski definition) is 7. The van der Waals surface area contributed by atoms with Crippen molar-refractivity contribution in [3.05, 3.63) is 65.7 Å². The summed E-state index contributed by atoms with van der Waals surface area (Å²) in [5.41, 5.74) is 5.60. The molecule has 28 heavy (non-hydrogen) atoms. The van der Waals surface area contributed by atoms with Gasteiger partial charge in [0.1, 0.15) is 10.7 Å². The molecule has 9 heteroatoms. The van der Waals surface area contributed by atoms with Gasteiger partial charge in [0, 0.05) is 4.88 Å². The van der Waals surface area contributed by atoms with Gasteiger partial charge in [-0.3, -0.25) is 14.2 Å². The first-order valence-corrected chi connectivity index (χ1v) is 9.84. The molecule has 2 N–H and O–H groups in total. The van der Waals surface area contributed by atoms with E-state index in [1.54, 1.807) is 24.3 Å². The molecule has 140 valence electrons. The fourth-order valence-electron chi connectivity index (χ4n) is 2.78. The van der Waals surface area contributed by atoms with E-state index in [0.29, 0.717) is 16.0 Å². The number of carbonyl (C=O) groups excluding carboxylic acids is 1. The Morgan fingerprint density at radius 3 is 2.86 bits per heavy atom. The van der Waals surface area contributed by atoms with Crippen molar-refractivity contribution in [2.24, 2.45) is 5.73 Å². The Bertz CT molecular complexity index is 1280. The molecule has 0 bridgehead atoms. The number of rotatable bonds is 4. The van der Waals surface area contributed by atoms with Gasteiger partial charge in [-0.1, -0.05) is 12.1 Å². The number of nitriles is 1. The van der Waals surface area contributed by atoms with Crippen LogP contribution in [0.1, 0.15) is 10.4 Å². The number of fused-ring (bicyclic) bond motifs is 1. The molecule has 2 aromatic heterocycles. The SMILES string of the molecule is N#C/C(C(N)=O)=c1/s/c(=C/c2cccs2)c(=O)n1Cc1ccc2c(c1)OCO2. The molecule has 0 aliphatic carbocycles. The van der Waals surface area contributed by atoms with Crippen molar-refractivity contribution in [1.29, 1.82) is 5.26 Å². The Morgan fingerprint density at radius 2 is 2.14 bits per heavy atom. The third kappa shape index (κ3) is 3.31. The quantitative estimate of drug-likeness (QED) is 0.681. The van der Waals surface area contributed by atoms with E-state index in [4.69, 9.17) is 15.2 Å². The van der Waals surface area contributed by atoms with E-state index in [2.05, 4.69) is 0 Å². The number of nitrogens with zero attached hydrogens (tertiary/aromatic N) is 2. The maximum Gasteiger partial charge on any atom is 0.269 e. The molecule has 1 aliphatic rings. The van der Waals surface area contributed by atoms with Gasteiger partial charge in [0.15, 0.2) is 17.1 Å². The number of aromatic nitrogens is 1. The summed E-state index contributed by atoms with van der Waals surface area (Å²) in [6.45, 7) is 0.314. The number of thiazole rings is 1.